The van der Waals surface area contributed by atoms with Crippen molar-refractivity contribution >= 4 is 23.5 Å². The zero-order chi connectivity index (χ0) is 10.2. The Morgan fingerprint density at radius 3 is 2.93 bits per heavy atom. The SMILES string of the molecule is NCCCSNNc1ccc(N)cn1. The standard InChI is InChI=1S/C8H15N5S/c9-4-1-5-14-13-12-8-3-2-7(10)6-11-8/h2-3,6,13H,1,4-5,9-10H2,(H,11,12). The van der Waals surface area contributed by atoms with Gasteiger partial charge in [0.2, 0.25) is 0 Å². The second kappa shape index (κ2) is 6.47. The van der Waals surface area contributed by atoms with Gasteiger partial charge in [-0.1, -0.05) is 11.9 Å². The third kappa shape index (κ3) is 4.31. The van der Waals surface area contributed by atoms with Crippen molar-refractivity contribution in [1.82, 2.24) is 9.82 Å². The van der Waals surface area contributed by atoms with Crippen molar-refractivity contribution in [2.75, 3.05) is 23.5 Å². The van der Waals surface area contributed by atoms with Gasteiger partial charge in [0.25, 0.3) is 0 Å². The summed E-state index contributed by atoms with van der Waals surface area (Å²) in [5, 5.41) is 0. The van der Waals surface area contributed by atoms with Gasteiger partial charge in [-0.2, -0.15) is 4.83 Å². The van der Waals surface area contributed by atoms with Crippen molar-refractivity contribution in [1.29, 1.82) is 0 Å². The first-order valence-electron chi connectivity index (χ1n) is 4.37. The summed E-state index contributed by atoms with van der Waals surface area (Å²) in [5.74, 6) is 1.72. The Bertz CT molecular complexity index is 250. The minimum Gasteiger partial charge on any atom is -0.397 e. The molecule has 0 radical (unpaired) electrons. The van der Waals surface area contributed by atoms with Crippen molar-refractivity contribution in [3.05, 3.63) is 18.3 Å². The van der Waals surface area contributed by atoms with Crippen LogP contribution in [0.1, 0.15) is 6.42 Å². The van der Waals surface area contributed by atoms with Gasteiger partial charge in [0, 0.05) is 5.75 Å². The molecule has 1 aromatic rings. The summed E-state index contributed by atoms with van der Waals surface area (Å²) >= 11 is 1.56. The van der Waals surface area contributed by atoms with Crippen LogP contribution in [-0.4, -0.2) is 17.3 Å². The fourth-order valence-electron chi connectivity index (χ4n) is 0.774. The van der Waals surface area contributed by atoms with Crippen molar-refractivity contribution in [2.24, 2.45) is 5.73 Å². The van der Waals surface area contributed by atoms with E-state index in [4.69, 9.17) is 11.5 Å². The van der Waals surface area contributed by atoms with Crippen LogP contribution in [0.4, 0.5) is 11.5 Å². The Morgan fingerprint density at radius 1 is 1.43 bits per heavy atom. The first-order chi connectivity index (χ1) is 6.83. The van der Waals surface area contributed by atoms with Gasteiger partial charge in [-0.25, -0.2) is 4.98 Å². The van der Waals surface area contributed by atoms with Gasteiger partial charge < -0.3 is 11.5 Å². The summed E-state index contributed by atoms with van der Waals surface area (Å²) in [7, 11) is 0. The average Bonchev–Trinajstić information content (AvgIpc) is 2.21. The molecule has 0 aliphatic carbocycles. The predicted molar refractivity (Wildman–Crippen MR) is 61.5 cm³/mol. The molecule has 0 aliphatic heterocycles. The van der Waals surface area contributed by atoms with Gasteiger partial charge in [-0.3, -0.25) is 5.43 Å². The van der Waals surface area contributed by atoms with Gasteiger partial charge in [0.15, 0.2) is 0 Å². The average molecular weight is 213 g/mol. The molecular weight excluding hydrogens is 198 g/mol. The number of nitrogens with one attached hydrogen (secondary N) is 2. The first-order valence-corrected chi connectivity index (χ1v) is 5.36. The molecule has 0 aromatic carbocycles. The lowest BCUT2D eigenvalue weighted by molar-refractivity contribution is 0.939. The summed E-state index contributed by atoms with van der Waals surface area (Å²) in [6.45, 7) is 0.717. The van der Waals surface area contributed by atoms with Gasteiger partial charge in [0.05, 0.1) is 11.9 Å². The van der Waals surface area contributed by atoms with E-state index in [2.05, 4.69) is 15.2 Å². The van der Waals surface area contributed by atoms with Crippen molar-refractivity contribution in [3.8, 4) is 0 Å². The van der Waals surface area contributed by atoms with E-state index in [0.29, 0.717) is 5.69 Å². The van der Waals surface area contributed by atoms with E-state index in [-0.39, 0.29) is 0 Å². The van der Waals surface area contributed by atoms with Crippen LogP contribution in [0.25, 0.3) is 0 Å². The maximum atomic E-state index is 5.49. The molecule has 1 aromatic heterocycles. The lowest BCUT2D eigenvalue weighted by Gasteiger charge is -2.05. The second-order valence-electron chi connectivity index (χ2n) is 2.69. The number of pyridine rings is 1. The van der Waals surface area contributed by atoms with E-state index < -0.39 is 0 Å². The molecule has 0 amide bonds. The highest BCUT2D eigenvalue weighted by atomic mass is 32.2. The smallest absolute Gasteiger partial charge is 0.140 e. The lowest BCUT2D eigenvalue weighted by Crippen LogP contribution is -2.15. The third-order valence-corrected chi connectivity index (χ3v) is 2.23. The molecule has 0 atom stereocenters. The fraction of sp³-hybridized carbons (Fsp3) is 0.375. The van der Waals surface area contributed by atoms with Crippen LogP contribution in [0.5, 0.6) is 0 Å². The van der Waals surface area contributed by atoms with Crippen LogP contribution in [0.3, 0.4) is 0 Å². The summed E-state index contributed by atoms with van der Waals surface area (Å²) in [6, 6.07) is 3.60. The highest BCUT2D eigenvalue weighted by Gasteiger charge is 1.91. The molecule has 5 nitrogen and oxygen atoms in total. The number of nitrogen functional groups attached to an aromatic ring is 1. The van der Waals surface area contributed by atoms with Crippen molar-refractivity contribution in [2.45, 2.75) is 6.42 Å². The molecule has 0 saturated heterocycles. The van der Waals surface area contributed by atoms with Gasteiger partial charge in [-0.15, -0.1) is 0 Å². The highest BCUT2D eigenvalue weighted by Crippen LogP contribution is 2.05. The van der Waals surface area contributed by atoms with E-state index in [0.717, 1.165) is 24.5 Å². The topological polar surface area (TPSA) is 89.0 Å². The van der Waals surface area contributed by atoms with E-state index in [9.17, 15) is 0 Å². The third-order valence-electron chi connectivity index (χ3n) is 1.49. The van der Waals surface area contributed by atoms with Crippen LogP contribution in [-0.2, 0) is 0 Å². The zero-order valence-corrected chi connectivity index (χ0v) is 8.68. The van der Waals surface area contributed by atoms with Crippen LogP contribution in [0.15, 0.2) is 18.3 Å². The molecule has 14 heavy (non-hydrogen) atoms. The minimum absolute atomic E-state index is 0.659. The monoisotopic (exact) mass is 213 g/mol. The van der Waals surface area contributed by atoms with E-state index in [1.54, 1.807) is 24.2 Å². The summed E-state index contributed by atoms with van der Waals surface area (Å²) in [4.78, 5) is 7.02. The number of nitrogens with two attached hydrogens (primary N) is 2. The molecule has 1 rings (SSSR count). The summed E-state index contributed by atoms with van der Waals surface area (Å²) in [6.07, 6.45) is 2.60. The van der Waals surface area contributed by atoms with Crippen LogP contribution in [0, 0.1) is 0 Å². The number of rotatable bonds is 6. The number of hydrogen-bond donors (Lipinski definition) is 4. The molecule has 0 spiro atoms. The molecular formula is C8H15N5S. The fourth-order valence-corrected chi connectivity index (χ4v) is 1.36. The first kappa shape index (κ1) is 11.1. The number of nitrogens with zero attached hydrogens (tertiary/aromatic N) is 1. The molecule has 0 fully saturated rings. The summed E-state index contributed by atoms with van der Waals surface area (Å²) < 4.78 is 0. The molecule has 78 valence electrons. The van der Waals surface area contributed by atoms with Crippen molar-refractivity contribution < 1.29 is 0 Å². The van der Waals surface area contributed by atoms with E-state index in [1.165, 1.54) is 0 Å². The molecule has 1 heterocycles. The Kier molecular flexibility index (Phi) is 5.13. The normalized spacial score (nSPS) is 10.1. The maximum Gasteiger partial charge on any atom is 0.140 e. The summed E-state index contributed by atoms with van der Waals surface area (Å²) in [5.41, 5.74) is 14.4. The second-order valence-corrected chi connectivity index (χ2v) is 3.60. The highest BCUT2D eigenvalue weighted by molar-refractivity contribution is 7.97. The van der Waals surface area contributed by atoms with Crippen molar-refractivity contribution in [3.63, 3.8) is 0 Å². The molecule has 6 N–H and O–H groups in total. The van der Waals surface area contributed by atoms with Crippen LogP contribution < -0.4 is 21.7 Å². The Balaban J connectivity index is 2.15. The van der Waals surface area contributed by atoms with E-state index >= 15 is 0 Å². The quantitative estimate of drug-likeness (QED) is 0.314. The number of hydrazine groups is 1. The minimum atomic E-state index is 0.659. The van der Waals surface area contributed by atoms with E-state index in [1.807, 2.05) is 6.07 Å². The Morgan fingerprint density at radius 2 is 2.29 bits per heavy atom. The van der Waals surface area contributed by atoms with Gasteiger partial charge in [-0.05, 0) is 25.1 Å². The lowest BCUT2D eigenvalue weighted by atomic mass is 10.4. The number of aromatic nitrogens is 1. The number of anilines is 2. The molecule has 0 saturated carbocycles. The van der Waals surface area contributed by atoms with Crippen LogP contribution in [0.2, 0.25) is 0 Å². The Hall–Kier alpha value is -0.980. The van der Waals surface area contributed by atoms with Gasteiger partial charge >= 0.3 is 0 Å². The molecule has 0 bridgehead atoms. The molecule has 0 unspecified atom stereocenters. The Labute approximate surface area is 87.8 Å². The number of hydrogen-bond acceptors (Lipinski definition) is 6. The molecule has 6 heteroatoms. The van der Waals surface area contributed by atoms with Crippen LogP contribution >= 0.6 is 11.9 Å². The predicted octanol–water partition coefficient (Wildman–Crippen LogP) is 0.577. The zero-order valence-electron chi connectivity index (χ0n) is 7.86. The maximum absolute atomic E-state index is 5.49. The van der Waals surface area contributed by atoms with Gasteiger partial charge in [0.1, 0.15) is 5.82 Å². The largest absolute Gasteiger partial charge is 0.397 e. The molecule has 0 aliphatic rings.